The fraction of sp³-hybridized carbons (Fsp3) is 0.120. The first-order valence-electron chi connectivity index (χ1n) is 10.2. The first-order valence-corrected chi connectivity index (χ1v) is 11.8. The molecule has 1 aliphatic heterocycles. The summed E-state index contributed by atoms with van der Waals surface area (Å²) >= 11 is 13.3. The number of hydrogen-bond donors (Lipinski definition) is 0. The van der Waals surface area contributed by atoms with Crippen LogP contribution in [-0.2, 0) is 11.4 Å². The quantitative estimate of drug-likeness (QED) is 0.306. The normalized spacial score (nSPS) is 14.7. The minimum absolute atomic E-state index is 0.0927. The highest BCUT2D eigenvalue weighted by Crippen LogP contribution is 2.40. The van der Waals surface area contributed by atoms with E-state index in [1.807, 2.05) is 6.92 Å². The zero-order valence-electron chi connectivity index (χ0n) is 17.9. The molecule has 9 heteroatoms. The van der Waals surface area contributed by atoms with Gasteiger partial charge in [0.25, 0.3) is 11.1 Å². The summed E-state index contributed by atoms with van der Waals surface area (Å²) < 4.78 is 25.0. The number of nitrogens with zero attached hydrogens (tertiary/aromatic N) is 1. The molecule has 0 bridgehead atoms. The van der Waals surface area contributed by atoms with Gasteiger partial charge < -0.3 is 9.47 Å². The maximum Gasteiger partial charge on any atom is 0.298 e. The number of halogens is 3. The molecule has 2 amide bonds. The summed E-state index contributed by atoms with van der Waals surface area (Å²) in [4.78, 5) is 26.8. The van der Waals surface area contributed by atoms with Gasteiger partial charge in [-0.25, -0.2) is 9.29 Å². The molecular formula is C25H18Cl2FNO4S. The van der Waals surface area contributed by atoms with Crippen molar-refractivity contribution < 1.29 is 23.5 Å². The van der Waals surface area contributed by atoms with E-state index in [9.17, 15) is 14.0 Å². The average Bonchev–Trinajstić information content (AvgIpc) is 3.06. The van der Waals surface area contributed by atoms with Crippen molar-refractivity contribution in [1.82, 2.24) is 0 Å². The summed E-state index contributed by atoms with van der Waals surface area (Å²) in [5.41, 5.74) is 1.59. The topological polar surface area (TPSA) is 55.8 Å². The van der Waals surface area contributed by atoms with Gasteiger partial charge in [0.05, 0.1) is 22.2 Å². The van der Waals surface area contributed by atoms with Crippen LogP contribution < -0.4 is 14.4 Å². The first-order chi connectivity index (χ1) is 16.4. The summed E-state index contributed by atoms with van der Waals surface area (Å²) in [7, 11) is 0. The van der Waals surface area contributed by atoms with Crippen LogP contribution >= 0.6 is 35.0 Å². The highest BCUT2D eigenvalue weighted by molar-refractivity contribution is 8.19. The second-order valence-electron chi connectivity index (χ2n) is 7.18. The largest absolute Gasteiger partial charge is 0.490 e. The molecule has 0 aliphatic carbocycles. The smallest absolute Gasteiger partial charge is 0.298 e. The number of rotatable bonds is 7. The lowest BCUT2D eigenvalue weighted by molar-refractivity contribution is -0.113. The Bertz CT molecular complexity index is 1300. The molecule has 4 rings (SSSR count). The molecule has 3 aromatic rings. The molecule has 5 nitrogen and oxygen atoms in total. The standard InChI is InChI=1S/C25H18Cl2FNO4S/c1-2-32-21-11-16(10-20(27)23(21)33-14-15-5-3-7-18(28)9-15)12-22-24(30)29(25(31)34-22)19-8-4-6-17(26)13-19/h3-13H,2,14H2,1H3/b22-12+. The summed E-state index contributed by atoms with van der Waals surface area (Å²) in [5.74, 6) is -0.152. The Labute approximate surface area is 210 Å². The van der Waals surface area contributed by atoms with Crippen LogP contribution in [0.3, 0.4) is 0 Å². The summed E-state index contributed by atoms with van der Waals surface area (Å²) in [5, 5.41) is 0.245. The average molecular weight is 518 g/mol. The summed E-state index contributed by atoms with van der Waals surface area (Å²) in [6, 6.07) is 15.9. The molecule has 1 saturated heterocycles. The number of anilines is 1. The lowest BCUT2D eigenvalue weighted by Crippen LogP contribution is -2.27. The predicted octanol–water partition coefficient (Wildman–Crippen LogP) is 7.35. The molecule has 1 aliphatic rings. The van der Waals surface area contributed by atoms with Crippen molar-refractivity contribution in [1.29, 1.82) is 0 Å². The Hall–Kier alpha value is -3.00. The van der Waals surface area contributed by atoms with Gasteiger partial charge in [0.15, 0.2) is 11.5 Å². The van der Waals surface area contributed by atoms with Gasteiger partial charge >= 0.3 is 0 Å². The van der Waals surface area contributed by atoms with Gasteiger partial charge in [0, 0.05) is 5.02 Å². The van der Waals surface area contributed by atoms with Crippen LogP contribution in [0.4, 0.5) is 14.9 Å². The highest BCUT2D eigenvalue weighted by atomic mass is 35.5. The summed E-state index contributed by atoms with van der Waals surface area (Å²) in [6.07, 6.45) is 1.57. The molecule has 0 unspecified atom stereocenters. The van der Waals surface area contributed by atoms with E-state index in [-0.39, 0.29) is 22.4 Å². The van der Waals surface area contributed by atoms with Gasteiger partial charge in [-0.05, 0) is 78.4 Å². The van der Waals surface area contributed by atoms with Crippen LogP contribution in [-0.4, -0.2) is 17.8 Å². The Kier molecular flexibility index (Phi) is 7.46. The Morgan fingerprint density at radius 1 is 1.03 bits per heavy atom. The van der Waals surface area contributed by atoms with Gasteiger partial charge in [-0.3, -0.25) is 9.59 Å². The van der Waals surface area contributed by atoms with Crippen LogP contribution in [0.25, 0.3) is 6.08 Å². The van der Waals surface area contributed by atoms with Crippen LogP contribution in [0.15, 0.2) is 65.6 Å². The fourth-order valence-corrected chi connectivity index (χ4v) is 4.61. The number of ether oxygens (including phenoxy) is 2. The molecule has 174 valence electrons. The third-order valence-corrected chi connectivity index (χ3v) is 6.15. The highest BCUT2D eigenvalue weighted by Gasteiger charge is 2.36. The number of amides is 2. The molecule has 0 N–H and O–H groups in total. The van der Waals surface area contributed by atoms with Gasteiger partial charge in [-0.2, -0.15) is 0 Å². The van der Waals surface area contributed by atoms with Crippen molar-refractivity contribution in [3.63, 3.8) is 0 Å². The maximum absolute atomic E-state index is 13.5. The summed E-state index contributed by atoms with van der Waals surface area (Å²) in [6.45, 7) is 2.25. The van der Waals surface area contributed by atoms with E-state index in [1.165, 1.54) is 12.1 Å². The predicted molar refractivity (Wildman–Crippen MR) is 133 cm³/mol. The minimum Gasteiger partial charge on any atom is -0.490 e. The van der Waals surface area contributed by atoms with Crippen molar-refractivity contribution >= 4 is 57.9 Å². The van der Waals surface area contributed by atoms with Crippen LogP contribution in [0, 0.1) is 5.82 Å². The van der Waals surface area contributed by atoms with Crippen molar-refractivity contribution in [2.24, 2.45) is 0 Å². The first kappa shape index (κ1) is 24.1. The van der Waals surface area contributed by atoms with Gasteiger partial charge in [0.2, 0.25) is 0 Å². The van der Waals surface area contributed by atoms with Gasteiger partial charge in [0.1, 0.15) is 12.4 Å². The van der Waals surface area contributed by atoms with Crippen molar-refractivity contribution in [3.8, 4) is 11.5 Å². The lowest BCUT2D eigenvalue weighted by Gasteiger charge is -2.15. The molecule has 34 heavy (non-hydrogen) atoms. The zero-order valence-corrected chi connectivity index (χ0v) is 20.2. The van der Waals surface area contributed by atoms with Crippen molar-refractivity contribution in [2.75, 3.05) is 11.5 Å². The number of carbonyl (C=O) groups is 2. The van der Waals surface area contributed by atoms with E-state index < -0.39 is 11.1 Å². The van der Waals surface area contributed by atoms with Crippen molar-refractivity contribution in [2.45, 2.75) is 13.5 Å². The van der Waals surface area contributed by atoms with Crippen LogP contribution in [0.1, 0.15) is 18.1 Å². The molecule has 0 aromatic heterocycles. The molecule has 0 atom stereocenters. The Morgan fingerprint density at radius 3 is 2.56 bits per heavy atom. The number of hydrogen-bond acceptors (Lipinski definition) is 5. The van der Waals surface area contributed by atoms with E-state index in [1.54, 1.807) is 54.6 Å². The second kappa shape index (κ2) is 10.5. The monoisotopic (exact) mass is 517 g/mol. The number of carbonyl (C=O) groups excluding carboxylic acids is 2. The van der Waals surface area contributed by atoms with Gasteiger partial charge in [-0.1, -0.05) is 41.4 Å². The second-order valence-corrected chi connectivity index (χ2v) is 9.02. The Morgan fingerprint density at radius 2 is 1.82 bits per heavy atom. The number of thioether (sulfide) groups is 1. The number of imide groups is 1. The Balaban J connectivity index is 1.60. The minimum atomic E-state index is -0.460. The fourth-order valence-electron chi connectivity index (χ4n) is 3.31. The van der Waals surface area contributed by atoms with E-state index in [0.717, 1.165) is 16.7 Å². The van der Waals surface area contributed by atoms with Gasteiger partial charge in [-0.15, -0.1) is 0 Å². The van der Waals surface area contributed by atoms with E-state index >= 15 is 0 Å². The lowest BCUT2D eigenvalue weighted by atomic mass is 10.1. The molecule has 0 spiro atoms. The third-order valence-electron chi connectivity index (χ3n) is 4.76. The molecule has 0 radical (unpaired) electrons. The number of benzene rings is 3. The molecular weight excluding hydrogens is 500 g/mol. The molecule has 0 saturated carbocycles. The molecule has 1 heterocycles. The van der Waals surface area contributed by atoms with E-state index in [2.05, 4.69) is 0 Å². The van der Waals surface area contributed by atoms with Crippen LogP contribution in [0.5, 0.6) is 11.5 Å². The van der Waals surface area contributed by atoms with E-state index in [0.29, 0.717) is 39.9 Å². The SMILES string of the molecule is CCOc1cc(/C=C2/SC(=O)N(c3cccc(Cl)c3)C2=O)cc(Cl)c1OCc1cccc(F)c1. The van der Waals surface area contributed by atoms with Crippen molar-refractivity contribution in [3.05, 3.63) is 92.6 Å². The molecule has 1 fully saturated rings. The molecule has 3 aromatic carbocycles. The van der Waals surface area contributed by atoms with E-state index in [4.69, 9.17) is 32.7 Å². The zero-order chi connectivity index (χ0) is 24.2. The van der Waals surface area contributed by atoms with Crippen LogP contribution in [0.2, 0.25) is 10.0 Å². The third kappa shape index (κ3) is 5.38. The maximum atomic E-state index is 13.5.